The molecule has 0 N–H and O–H groups in total. The van der Waals surface area contributed by atoms with Crippen LogP contribution >= 0.6 is 0 Å². The Morgan fingerprint density at radius 2 is 1.63 bits per heavy atom. The number of hydrogen-bond acceptors (Lipinski definition) is 1. The molecule has 1 fully saturated rings. The monoisotopic (exact) mass is 458 g/mol. The van der Waals surface area contributed by atoms with E-state index < -0.39 is 0 Å². The fourth-order valence-corrected chi connectivity index (χ4v) is 6.41. The summed E-state index contributed by atoms with van der Waals surface area (Å²) < 4.78 is 0. The fraction of sp³-hybridized carbons (Fsp3) is 0.324. The molecule has 0 unspecified atom stereocenters. The quantitative estimate of drug-likeness (QED) is 0.407. The number of Topliss-reactive ketones (excluding diaryl/α,β-unsaturated/α-hetero) is 1. The Hall–Kier alpha value is -3.19. The summed E-state index contributed by atoms with van der Waals surface area (Å²) in [5.41, 5.74) is 11.3. The molecule has 0 atom stereocenters. The summed E-state index contributed by atoms with van der Waals surface area (Å²) in [6, 6.07) is 17.4. The minimum atomic E-state index is 0.238. The van der Waals surface area contributed by atoms with Crippen LogP contribution in [0, 0.1) is 5.92 Å². The Morgan fingerprint density at radius 3 is 2.49 bits per heavy atom. The zero-order valence-electron chi connectivity index (χ0n) is 20.6. The molecule has 0 aliphatic heterocycles. The summed E-state index contributed by atoms with van der Waals surface area (Å²) >= 11 is 0. The molecular formula is C34H34O. The van der Waals surface area contributed by atoms with Gasteiger partial charge in [0.25, 0.3) is 0 Å². The van der Waals surface area contributed by atoms with Gasteiger partial charge in [-0.1, -0.05) is 111 Å². The first-order chi connectivity index (χ1) is 17.2. The highest BCUT2D eigenvalue weighted by molar-refractivity contribution is 6.12. The molecule has 0 bridgehead atoms. The van der Waals surface area contributed by atoms with E-state index in [9.17, 15) is 4.79 Å². The summed E-state index contributed by atoms with van der Waals surface area (Å²) in [6.07, 6.45) is 22.7. The van der Waals surface area contributed by atoms with Crippen LogP contribution in [0.2, 0.25) is 0 Å². The maximum atomic E-state index is 13.4. The van der Waals surface area contributed by atoms with Gasteiger partial charge < -0.3 is 0 Å². The number of carbonyl (C=O) groups excluding carboxylic acids is 1. The largest absolute Gasteiger partial charge is 0.294 e. The van der Waals surface area contributed by atoms with E-state index in [0.29, 0.717) is 6.42 Å². The number of benzene rings is 2. The number of allylic oxidation sites excluding steroid dienone is 9. The van der Waals surface area contributed by atoms with E-state index in [0.717, 1.165) is 41.9 Å². The lowest BCUT2D eigenvalue weighted by atomic mass is 9.84. The molecule has 0 spiro atoms. The minimum Gasteiger partial charge on any atom is -0.294 e. The van der Waals surface area contributed by atoms with Crippen molar-refractivity contribution in [2.24, 2.45) is 5.92 Å². The van der Waals surface area contributed by atoms with Crippen LogP contribution in [-0.2, 0) is 17.6 Å². The number of hydrogen-bond donors (Lipinski definition) is 0. The molecule has 2 aromatic carbocycles. The number of fused-ring (bicyclic) bond motifs is 1. The number of rotatable bonds is 7. The molecule has 0 heterocycles. The lowest BCUT2D eigenvalue weighted by Crippen LogP contribution is -2.09. The van der Waals surface area contributed by atoms with Crippen LogP contribution in [0.1, 0.15) is 73.6 Å². The molecule has 0 aromatic heterocycles. The average Bonchev–Trinajstić information content (AvgIpc) is 3.64. The third-order valence-corrected chi connectivity index (χ3v) is 8.22. The minimum absolute atomic E-state index is 0.238. The molecule has 0 saturated heterocycles. The van der Waals surface area contributed by atoms with Gasteiger partial charge >= 0.3 is 0 Å². The van der Waals surface area contributed by atoms with Gasteiger partial charge in [0.05, 0.1) is 0 Å². The molecule has 1 heteroatoms. The molecular weight excluding hydrogens is 424 g/mol. The number of carbonyl (C=O) groups is 1. The Kier molecular flexibility index (Phi) is 6.25. The molecule has 4 aliphatic carbocycles. The van der Waals surface area contributed by atoms with Crippen molar-refractivity contribution in [3.05, 3.63) is 117 Å². The van der Waals surface area contributed by atoms with Crippen molar-refractivity contribution in [3.63, 3.8) is 0 Å². The highest BCUT2D eigenvalue weighted by Gasteiger charge is 2.25. The number of ketones is 1. The molecule has 0 radical (unpaired) electrons. The third kappa shape index (κ3) is 4.69. The van der Waals surface area contributed by atoms with Crippen LogP contribution in [0.15, 0.2) is 95.1 Å². The van der Waals surface area contributed by atoms with Crippen molar-refractivity contribution in [2.75, 3.05) is 0 Å². The molecule has 176 valence electrons. The van der Waals surface area contributed by atoms with Gasteiger partial charge in [0.1, 0.15) is 0 Å². The first-order valence-corrected chi connectivity index (χ1v) is 13.5. The maximum Gasteiger partial charge on any atom is 0.167 e. The summed E-state index contributed by atoms with van der Waals surface area (Å²) in [5.74, 6) is 1.10. The van der Waals surface area contributed by atoms with E-state index in [4.69, 9.17) is 0 Å². The standard InChI is InChI=1S/C34H34O/c35-34(33-16-8-15-32(33)26-11-5-2-6-12-26)23-28-13-7-14-31(28)30-21-27-18-17-25(20-29(27)22-30)19-24-9-3-1-4-10-24/h2,5-6,11-18,20,22,24H,1,3-4,7-10,19,21,23H2. The van der Waals surface area contributed by atoms with Crippen LogP contribution in [0.4, 0.5) is 0 Å². The molecule has 2 aromatic rings. The summed E-state index contributed by atoms with van der Waals surface area (Å²) in [7, 11) is 0. The molecule has 35 heavy (non-hydrogen) atoms. The normalized spacial score (nSPS) is 19.6. The Morgan fingerprint density at radius 1 is 0.829 bits per heavy atom. The van der Waals surface area contributed by atoms with Gasteiger partial charge in [-0.15, -0.1) is 0 Å². The summed E-state index contributed by atoms with van der Waals surface area (Å²) in [5, 5.41) is 0. The van der Waals surface area contributed by atoms with E-state index in [-0.39, 0.29) is 5.78 Å². The van der Waals surface area contributed by atoms with Gasteiger partial charge in [-0.25, -0.2) is 0 Å². The average molecular weight is 459 g/mol. The second-order valence-corrected chi connectivity index (χ2v) is 10.6. The summed E-state index contributed by atoms with van der Waals surface area (Å²) in [4.78, 5) is 13.4. The first-order valence-electron chi connectivity index (χ1n) is 13.5. The SMILES string of the molecule is O=C(CC1=CCC=C1C1=Cc2cc(CC3CCCCC3)ccc2C1)C1=CCC=C1c1ccccc1. The van der Waals surface area contributed by atoms with Crippen molar-refractivity contribution >= 4 is 17.4 Å². The highest BCUT2D eigenvalue weighted by atomic mass is 16.1. The smallest absolute Gasteiger partial charge is 0.167 e. The zero-order valence-corrected chi connectivity index (χ0v) is 20.6. The van der Waals surface area contributed by atoms with Gasteiger partial charge in [-0.3, -0.25) is 4.79 Å². The predicted molar refractivity (Wildman–Crippen MR) is 146 cm³/mol. The second-order valence-electron chi connectivity index (χ2n) is 10.6. The van der Waals surface area contributed by atoms with Gasteiger partial charge in [0.15, 0.2) is 5.78 Å². The van der Waals surface area contributed by atoms with Gasteiger partial charge in [-0.2, -0.15) is 0 Å². The van der Waals surface area contributed by atoms with E-state index in [1.165, 1.54) is 71.9 Å². The lowest BCUT2D eigenvalue weighted by molar-refractivity contribution is -0.114. The molecule has 1 nitrogen and oxygen atoms in total. The van der Waals surface area contributed by atoms with Crippen molar-refractivity contribution in [1.82, 2.24) is 0 Å². The Bertz CT molecular complexity index is 1290. The fourth-order valence-electron chi connectivity index (χ4n) is 6.41. The summed E-state index contributed by atoms with van der Waals surface area (Å²) in [6.45, 7) is 0. The molecule has 0 amide bonds. The second kappa shape index (κ2) is 9.82. The maximum absolute atomic E-state index is 13.4. The molecule has 1 saturated carbocycles. The van der Waals surface area contributed by atoms with Crippen molar-refractivity contribution in [1.29, 1.82) is 0 Å². The van der Waals surface area contributed by atoms with Crippen molar-refractivity contribution < 1.29 is 4.79 Å². The van der Waals surface area contributed by atoms with Crippen molar-refractivity contribution in [3.8, 4) is 0 Å². The molecule has 4 aliphatic rings. The highest BCUT2D eigenvalue weighted by Crippen LogP contribution is 2.39. The van der Waals surface area contributed by atoms with Crippen LogP contribution in [0.25, 0.3) is 11.6 Å². The van der Waals surface area contributed by atoms with E-state index in [2.05, 4.69) is 60.7 Å². The van der Waals surface area contributed by atoms with Gasteiger partial charge in [-0.05, 0) is 76.1 Å². The van der Waals surface area contributed by atoms with Crippen LogP contribution in [0.5, 0.6) is 0 Å². The lowest BCUT2D eigenvalue weighted by Gasteiger charge is -2.21. The van der Waals surface area contributed by atoms with E-state index in [1.54, 1.807) is 0 Å². The van der Waals surface area contributed by atoms with Crippen LogP contribution in [0.3, 0.4) is 0 Å². The van der Waals surface area contributed by atoms with Gasteiger partial charge in [0.2, 0.25) is 0 Å². The molecule has 6 rings (SSSR count). The van der Waals surface area contributed by atoms with Crippen LogP contribution < -0.4 is 0 Å². The van der Waals surface area contributed by atoms with Crippen molar-refractivity contribution in [2.45, 2.75) is 64.2 Å². The zero-order chi connectivity index (χ0) is 23.6. The van der Waals surface area contributed by atoms with Gasteiger partial charge in [0, 0.05) is 12.0 Å². The third-order valence-electron chi connectivity index (χ3n) is 8.22. The predicted octanol–water partition coefficient (Wildman–Crippen LogP) is 8.38. The van der Waals surface area contributed by atoms with Crippen LogP contribution in [-0.4, -0.2) is 5.78 Å². The topological polar surface area (TPSA) is 17.1 Å². The van der Waals surface area contributed by atoms with E-state index in [1.807, 2.05) is 18.2 Å². The van der Waals surface area contributed by atoms with E-state index >= 15 is 0 Å². The Balaban J connectivity index is 1.15. The first kappa shape index (κ1) is 22.3. The Labute approximate surface area is 209 Å².